The van der Waals surface area contributed by atoms with Gasteiger partial charge in [0.2, 0.25) is 0 Å². The average molecular weight is 456 g/mol. The molecule has 0 bridgehead atoms. The standard InChI is InChI=1S/C27H21FN2O4/c1-33-27(32)20-4-2-18(3-5-20)17-30-26(31)24-16-21(19-12-14-29-15-13-19)6-11-25(24)34-23-9-7-22(28)8-10-23/h2-16H,17H2,1H3,(H,30,31). The number of pyridine rings is 1. The van der Waals surface area contributed by atoms with E-state index in [9.17, 15) is 14.0 Å². The van der Waals surface area contributed by atoms with Gasteiger partial charge in [0, 0.05) is 18.9 Å². The lowest BCUT2D eigenvalue weighted by Crippen LogP contribution is -2.23. The molecule has 34 heavy (non-hydrogen) atoms. The molecule has 0 saturated carbocycles. The maximum atomic E-state index is 13.3. The first-order valence-electron chi connectivity index (χ1n) is 10.5. The monoisotopic (exact) mass is 456 g/mol. The van der Waals surface area contributed by atoms with Crippen molar-refractivity contribution >= 4 is 11.9 Å². The molecule has 1 N–H and O–H groups in total. The molecule has 1 heterocycles. The second-order valence-corrected chi connectivity index (χ2v) is 7.37. The fraction of sp³-hybridized carbons (Fsp3) is 0.0741. The molecule has 0 spiro atoms. The van der Waals surface area contributed by atoms with Crippen molar-refractivity contribution in [1.29, 1.82) is 0 Å². The van der Waals surface area contributed by atoms with Crippen LogP contribution >= 0.6 is 0 Å². The molecule has 7 heteroatoms. The molecular weight excluding hydrogens is 435 g/mol. The molecule has 4 aromatic rings. The number of esters is 1. The van der Waals surface area contributed by atoms with Crippen LogP contribution < -0.4 is 10.1 Å². The van der Waals surface area contributed by atoms with Crippen LogP contribution in [0.25, 0.3) is 11.1 Å². The van der Waals surface area contributed by atoms with E-state index in [1.165, 1.54) is 31.4 Å². The Morgan fingerprint density at radius 1 is 0.882 bits per heavy atom. The van der Waals surface area contributed by atoms with E-state index in [0.29, 0.717) is 22.6 Å². The molecule has 0 aliphatic carbocycles. The zero-order valence-corrected chi connectivity index (χ0v) is 18.3. The van der Waals surface area contributed by atoms with Gasteiger partial charge in [0.05, 0.1) is 18.2 Å². The summed E-state index contributed by atoms with van der Waals surface area (Å²) in [4.78, 5) is 28.8. The SMILES string of the molecule is COC(=O)c1ccc(CNC(=O)c2cc(-c3ccncc3)ccc2Oc2ccc(F)cc2)cc1. The zero-order chi connectivity index (χ0) is 23.9. The first-order chi connectivity index (χ1) is 16.5. The number of nitrogens with one attached hydrogen (secondary N) is 1. The molecule has 170 valence electrons. The molecule has 0 aliphatic heterocycles. The Morgan fingerprint density at radius 2 is 1.59 bits per heavy atom. The third kappa shape index (κ3) is 5.45. The molecule has 1 amide bonds. The summed E-state index contributed by atoms with van der Waals surface area (Å²) in [5.41, 5.74) is 3.28. The second kappa shape index (κ2) is 10.4. The normalized spacial score (nSPS) is 10.4. The third-order valence-electron chi connectivity index (χ3n) is 5.11. The molecule has 0 fully saturated rings. The van der Waals surface area contributed by atoms with Gasteiger partial charge < -0.3 is 14.8 Å². The highest BCUT2D eigenvalue weighted by molar-refractivity contribution is 5.98. The van der Waals surface area contributed by atoms with Gasteiger partial charge in [-0.25, -0.2) is 9.18 Å². The van der Waals surface area contributed by atoms with E-state index in [0.717, 1.165) is 16.7 Å². The van der Waals surface area contributed by atoms with Gasteiger partial charge in [-0.15, -0.1) is 0 Å². The summed E-state index contributed by atoms with van der Waals surface area (Å²) in [5.74, 6) is -0.402. The highest BCUT2D eigenvalue weighted by Crippen LogP contribution is 2.30. The number of ether oxygens (including phenoxy) is 2. The Labute approximate surface area is 196 Å². The number of carbonyl (C=O) groups is 2. The van der Waals surface area contributed by atoms with E-state index < -0.39 is 5.97 Å². The highest BCUT2D eigenvalue weighted by Gasteiger charge is 2.16. The van der Waals surface area contributed by atoms with Gasteiger partial charge in [-0.05, 0) is 77.4 Å². The van der Waals surface area contributed by atoms with Gasteiger partial charge in [0.15, 0.2) is 0 Å². The molecule has 0 aliphatic rings. The van der Waals surface area contributed by atoms with Crippen LogP contribution in [0, 0.1) is 5.82 Å². The van der Waals surface area contributed by atoms with Gasteiger partial charge >= 0.3 is 5.97 Å². The second-order valence-electron chi connectivity index (χ2n) is 7.37. The van der Waals surface area contributed by atoms with Crippen molar-refractivity contribution in [2.75, 3.05) is 7.11 Å². The van der Waals surface area contributed by atoms with Crippen molar-refractivity contribution in [3.05, 3.63) is 114 Å². The first kappa shape index (κ1) is 22.7. The lowest BCUT2D eigenvalue weighted by molar-refractivity contribution is 0.0600. The molecule has 3 aromatic carbocycles. The number of hydrogen-bond donors (Lipinski definition) is 1. The Kier molecular flexibility index (Phi) is 6.93. The van der Waals surface area contributed by atoms with Gasteiger partial charge in [-0.1, -0.05) is 18.2 Å². The number of hydrogen-bond acceptors (Lipinski definition) is 5. The lowest BCUT2D eigenvalue weighted by Gasteiger charge is -2.14. The van der Waals surface area contributed by atoms with E-state index in [4.69, 9.17) is 9.47 Å². The first-order valence-corrected chi connectivity index (χ1v) is 10.5. The minimum atomic E-state index is -0.425. The molecule has 0 unspecified atom stereocenters. The number of halogens is 1. The van der Waals surface area contributed by atoms with E-state index in [1.807, 2.05) is 18.2 Å². The fourth-order valence-electron chi connectivity index (χ4n) is 3.30. The Morgan fingerprint density at radius 3 is 2.26 bits per heavy atom. The lowest BCUT2D eigenvalue weighted by atomic mass is 10.0. The molecule has 0 atom stereocenters. The number of benzene rings is 3. The van der Waals surface area contributed by atoms with Crippen LogP contribution in [0.3, 0.4) is 0 Å². The van der Waals surface area contributed by atoms with E-state index >= 15 is 0 Å². The van der Waals surface area contributed by atoms with Crippen LogP contribution in [0.1, 0.15) is 26.3 Å². The zero-order valence-electron chi connectivity index (χ0n) is 18.3. The van der Waals surface area contributed by atoms with Crippen molar-refractivity contribution in [2.24, 2.45) is 0 Å². The number of amides is 1. The van der Waals surface area contributed by atoms with Gasteiger partial charge in [0.1, 0.15) is 17.3 Å². The Balaban J connectivity index is 1.58. The minimum Gasteiger partial charge on any atom is -0.465 e. The molecule has 0 saturated heterocycles. The summed E-state index contributed by atoms with van der Waals surface area (Å²) >= 11 is 0. The number of methoxy groups -OCH3 is 1. The van der Waals surface area contributed by atoms with Gasteiger partial charge in [-0.3, -0.25) is 9.78 Å². The van der Waals surface area contributed by atoms with Crippen LogP contribution in [-0.4, -0.2) is 24.0 Å². The van der Waals surface area contributed by atoms with Crippen LogP contribution in [-0.2, 0) is 11.3 Å². The summed E-state index contributed by atoms with van der Waals surface area (Å²) < 4.78 is 23.9. The van der Waals surface area contributed by atoms with Gasteiger partial charge in [-0.2, -0.15) is 0 Å². The molecule has 1 aromatic heterocycles. The fourth-order valence-corrected chi connectivity index (χ4v) is 3.30. The van der Waals surface area contributed by atoms with E-state index in [-0.39, 0.29) is 18.3 Å². The van der Waals surface area contributed by atoms with Crippen LogP contribution in [0.4, 0.5) is 4.39 Å². The van der Waals surface area contributed by atoms with Crippen molar-refractivity contribution in [3.8, 4) is 22.6 Å². The maximum absolute atomic E-state index is 13.3. The van der Waals surface area contributed by atoms with Crippen LogP contribution in [0.15, 0.2) is 91.3 Å². The number of carbonyl (C=O) groups excluding carboxylic acids is 2. The third-order valence-corrected chi connectivity index (χ3v) is 5.11. The predicted octanol–water partition coefficient (Wildman–Crippen LogP) is 5.40. The summed E-state index contributed by atoms with van der Waals surface area (Å²) in [7, 11) is 1.32. The summed E-state index contributed by atoms with van der Waals surface area (Å²) in [6.07, 6.45) is 3.35. The summed E-state index contributed by atoms with van der Waals surface area (Å²) in [6, 6.07) is 21.3. The molecule has 0 radical (unpaired) electrons. The van der Waals surface area contributed by atoms with E-state index in [1.54, 1.807) is 48.8 Å². The minimum absolute atomic E-state index is 0.246. The number of nitrogens with zero attached hydrogens (tertiary/aromatic N) is 1. The average Bonchev–Trinajstić information content (AvgIpc) is 2.89. The Bertz CT molecular complexity index is 1290. The number of aromatic nitrogens is 1. The molecular formula is C27H21FN2O4. The van der Waals surface area contributed by atoms with Crippen molar-refractivity contribution in [1.82, 2.24) is 10.3 Å². The smallest absolute Gasteiger partial charge is 0.337 e. The number of rotatable bonds is 7. The molecule has 6 nitrogen and oxygen atoms in total. The quantitative estimate of drug-likeness (QED) is 0.377. The summed E-state index contributed by atoms with van der Waals surface area (Å²) in [6.45, 7) is 0.246. The Hall–Kier alpha value is -4.52. The van der Waals surface area contributed by atoms with E-state index in [2.05, 4.69) is 10.3 Å². The van der Waals surface area contributed by atoms with Crippen LogP contribution in [0.2, 0.25) is 0 Å². The molecule has 4 rings (SSSR count). The topological polar surface area (TPSA) is 77.5 Å². The van der Waals surface area contributed by atoms with Crippen molar-refractivity contribution in [3.63, 3.8) is 0 Å². The highest BCUT2D eigenvalue weighted by atomic mass is 19.1. The van der Waals surface area contributed by atoms with Crippen LogP contribution in [0.5, 0.6) is 11.5 Å². The van der Waals surface area contributed by atoms with Crippen molar-refractivity contribution < 1.29 is 23.5 Å². The summed E-state index contributed by atoms with van der Waals surface area (Å²) in [5, 5.41) is 2.88. The van der Waals surface area contributed by atoms with Crippen molar-refractivity contribution in [2.45, 2.75) is 6.54 Å². The van der Waals surface area contributed by atoms with Gasteiger partial charge in [0.25, 0.3) is 5.91 Å². The maximum Gasteiger partial charge on any atom is 0.337 e. The largest absolute Gasteiger partial charge is 0.465 e. The predicted molar refractivity (Wildman–Crippen MR) is 125 cm³/mol.